The summed E-state index contributed by atoms with van der Waals surface area (Å²) in [7, 11) is 1.34. The highest BCUT2D eigenvalue weighted by atomic mass is 16.5. The van der Waals surface area contributed by atoms with Crippen LogP contribution in [0.1, 0.15) is 5.56 Å². The van der Waals surface area contributed by atoms with E-state index < -0.39 is 0 Å². The van der Waals surface area contributed by atoms with Crippen molar-refractivity contribution in [1.29, 1.82) is 0 Å². The lowest BCUT2D eigenvalue weighted by atomic mass is 10.4. The number of nitrogens with zero attached hydrogens (tertiary/aromatic N) is 2. The first kappa shape index (κ1) is 8.58. The fraction of sp³-hybridized carbons (Fsp3) is 0.429. The Kier molecular flexibility index (Phi) is 2.32. The van der Waals surface area contributed by atoms with Crippen molar-refractivity contribution in [3.63, 3.8) is 0 Å². The molecule has 0 spiro atoms. The van der Waals surface area contributed by atoms with Gasteiger partial charge in [0.05, 0.1) is 7.11 Å². The molecule has 66 valence electrons. The molecular weight excluding hydrogens is 158 g/mol. The monoisotopic (exact) mass is 169 g/mol. The molecule has 1 aromatic heterocycles. The standard InChI is InChI=1S/C7H11N3O2/c1-5-3-10(9-7(5)8)4-6(11)12-2/h3H,4H2,1-2H3,(H2,8,9). The van der Waals surface area contributed by atoms with E-state index in [1.165, 1.54) is 11.8 Å². The highest BCUT2D eigenvalue weighted by Crippen LogP contribution is 2.05. The highest BCUT2D eigenvalue weighted by molar-refractivity contribution is 5.68. The number of aromatic nitrogens is 2. The molecule has 1 rings (SSSR count). The molecule has 0 saturated carbocycles. The van der Waals surface area contributed by atoms with Crippen molar-refractivity contribution in [1.82, 2.24) is 9.78 Å². The van der Waals surface area contributed by atoms with Gasteiger partial charge in [0.1, 0.15) is 12.4 Å². The average Bonchev–Trinajstić information content (AvgIpc) is 2.31. The largest absolute Gasteiger partial charge is 0.468 e. The fourth-order valence-corrected chi connectivity index (χ4v) is 0.814. The molecule has 0 aliphatic heterocycles. The van der Waals surface area contributed by atoms with E-state index in [0.717, 1.165) is 5.56 Å². The molecular formula is C7H11N3O2. The molecule has 0 aromatic carbocycles. The molecule has 2 N–H and O–H groups in total. The minimum Gasteiger partial charge on any atom is -0.468 e. The zero-order valence-electron chi connectivity index (χ0n) is 7.07. The Morgan fingerprint density at radius 2 is 2.50 bits per heavy atom. The van der Waals surface area contributed by atoms with Crippen molar-refractivity contribution in [3.05, 3.63) is 11.8 Å². The molecule has 0 fully saturated rings. The van der Waals surface area contributed by atoms with Gasteiger partial charge < -0.3 is 10.5 Å². The first-order chi connectivity index (χ1) is 5.63. The summed E-state index contributed by atoms with van der Waals surface area (Å²) in [5, 5.41) is 3.89. The summed E-state index contributed by atoms with van der Waals surface area (Å²) in [6.07, 6.45) is 1.70. The number of carbonyl (C=O) groups is 1. The van der Waals surface area contributed by atoms with E-state index in [0.29, 0.717) is 5.82 Å². The third-order valence-electron chi connectivity index (χ3n) is 1.50. The van der Waals surface area contributed by atoms with E-state index in [1.54, 1.807) is 6.20 Å². The Hall–Kier alpha value is -1.52. The summed E-state index contributed by atoms with van der Waals surface area (Å²) >= 11 is 0. The maximum Gasteiger partial charge on any atom is 0.327 e. The predicted molar refractivity (Wildman–Crippen MR) is 43.4 cm³/mol. The van der Waals surface area contributed by atoms with Crippen molar-refractivity contribution in [2.24, 2.45) is 0 Å². The number of hydrogen-bond donors (Lipinski definition) is 1. The van der Waals surface area contributed by atoms with E-state index in [2.05, 4.69) is 9.84 Å². The Morgan fingerprint density at radius 3 is 2.92 bits per heavy atom. The second-order valence-corrected chi connectivity index (χ2v) is 2.47. The van der Waals surface area contributed by atoms with Gasteiger partial charge in [0.15, 0.2) is 0 Å². The molecule has 1 aromatic rings. The molecule has 0 radical (unpaired) electrons. The molecule has 0 atom stereocenters. The van der Waals surface area contributed by atoms with Crippen LogP contribution >= 0.6 is 0 Å². The molecule has 0 saturated heterocycles. The summed E-state index contributed by atoms with van der Waals surface area (Å²) in [6, 6.07) is 0. The van der Waals surface area contributed by atoms with Gasteiger partial charge in [-0.15, -0.1) is 0 Å². The van der Waals surface area contributed by atoms with Crippen LogP contribution in [0.2, 0.25) is 0 Å². The van der Waals surface area contributed by atoms with Crippen LogP contribution in [0, 0.1) is 6.92 Å². The third-order valence-corrected chi connectivity index (χ3v) is 1.50. The number of hydrogen-bond acceptors (Lipinski definition) is 4. The van der Waals surface area contributed by atoms with Crippen LogP contribution < -0.4 is 5.73 Å². The van der Waals surface area contributed by atoms with Gasteiger partial charge in [-0.05, 0) is 6.92 Å². The van der Waals surface area contributed by atoms with E-state index in [1.807, 2.05) is 6.92 Å². The number of nitrogens with two attached hydrogens (primary N) is 1. The van der Waals surface area contributed by atoms with E-state index in [9.17, 15) is 4.79 Å². The van der Waals surface area contributed by atoms with Gasteiger partial charge in [-0.25, -0.2) is 0 Å². The highest BCUT2D eigenvalue weighted by Gasteiger charge is 2.04. The Labute approximate surface area is 70.1 Å². The Bertz CT molecular complexity index is 273. The maximum atomic E-state index is 10.8. The molecule has 0 unspecified atom stereocenters. The number of rotatable bonds is 2. The molecule has 0 aliphatic carbocycles. The van der Waals surface area contributed by atoms with Crippen LogP contribution in [0.5, 0.6) is 0 Å². The van der Waals surface area contributed by atoms with Gasteiger partial charge in [-0.1, -0.05) is 0 Å². The Balaban J connectivity index is 2.70. The van der Waals surface area contributed by atoms with Gasteiger partial charge in [0, 0.05) is 11.8 Å². The molecule has 0 aliphatic rings. The Morgan fingerprint density at radius 1 is 1.83 bits per heavy atom. The van der Waals surface area contributed by atoms with Crippen LogP contribution in [0.4, 0.5) is 5.82 Å². The van der Waals surface area contributed by atoms with E-state index in [-0.39, 0.29) is 12.5 Å². The molecule has 5 nitrogen and oxygen atoms in total. The first-order valence-corrected chi connectivity index (χ1v) is 3.50. The number of methoxy groups -OCH3 is 1. The lowest BCUT2D eigenvalue weighted by Gasteiger charge is -1.97. The normalized spacial score (nSPS) is 9.83. The van der Waals surface area contributed by atoms with Crippen LogP contribution in [0.3, 0.4) is 0 Å². The minimum atomic E-state index is -0.336. The number of anilines is 1. The summed E-state index contributed by atoms with van der Waals surface area (Å²) in [5.74, 6) is 0.108. The minimum absolute atomic E-state index is 0.106. The van der Waals surface area contributed by atoms with E-state index >= 15 is 0 Å². The maximum absolute atomic E-state index is 10.8. The summed E-state index contributed by atoms with van der Waals surface area (Å²) in [6.45, 7) is 1.94. The zero-order valence-corrected chi connectivity index (χ0v) is 7.07. The van der Waals surface area contributed by atoms with Crippen molar-refractivity contribution in [2.75, 3.05) is 12.8 Å². The van der Waals surface area contributed by atoms with Crippen molar-refractivity contribution >= 4 is 11.8 Å². The SMILES string of the molecule is COC(=O)Cn1cc(C)c(N)n1. The van der Waals surface area contributed by atoms with Crippen LogP contribution in [-0.4, -0.2) is 22.9 Å². The topological polar surface area (TPSA) is 70.1 Å². The second-order valence-electron chi connectivity index (χ2n) is 2.47. The average molecular weight is 169 g/mol. The third kappa shape index (κ3) is 1.75. The van der Waals surface area contributed by atoms with E-state index in [4.69, 9.17) is 5.73 Å². The van der Waals surface area contributed by atoms with Crippen LogP contribution in [0.25, 0.3) is 0 Å². The molecule has 5 heteroatoms. The van der Waals surface area contributed by atoms with Gasteiger partial charge in [0.25, 0.3) is 0 Å². The van der Waals surface area contributed by atoms with Crippen LogP contribution in [0.15, 0.2) is 6.20 Å². The molecule has 0 amide bonds. The van der Waals surface area contributed by atoms with Crippen LogP contribution in [-0.2, 0) is 16.1 Å². The number of nitrogen functional groups attached to an aromatic ring is 1. The van der Waals surface area contributed by atoms with Crippen molar-refractivity contribution < 1.29 is 9.53 Å². The molecule has 0 bridgehead atoms. The fourth-order valence-electron chi connectivity index (χ4n) is 0.814. The van der Waals surface area contributed by atoms with Crippen molar-refractivity contribution in [3.8, 4) is 0 Å². The number of aryl methyl sites for hydroxylation is 1. The van der Waals surface area contributed by atoms with Gasteiger partial charge in [-0.3, -0.25) is 9.48 Å². The zero-order chi connectivity index (χ0) is 9.14. The second kappa shape index (κ2) is 3.25. The summed E-state index contributed by atoms with van der Waals surface area (Å²) < 4.78 is 5.92. The molecule has 12 heavy (non-hydrogen) atoms. The number of esters is 1. The summed E-state index contributed by atoms with van der Waals surface area (Å²) in [4.78, 5) is 10.8. The number of carbonyl (C=O) groups excluding carboxylic acids is 1. The van der Waals surface area contributed by atoms with Gasteiger partial charge in [-0.2, -0.15) is 5.10 Å². The number of ether oxygens (including phenoxy) is 1. The lowest BCUT2D eigenvalue weighted by Crippen LogP contribution is -2.11. The lowest BCUT2D eigenvalue weighted by molar-refractivity contribution is -0.141. The first-order valence-electron chi connectivity index (χ1n) is 3.50. The molecule has 1 heterocycles. The van der Waals surface area contributed by atoms with Crippen molar-refractivity contribution in [2.45, 2.75) is 13.5 Å². The summed E-state index contributed by atoms with van der Waals surface area (Å²) in [5.41, 5.74) is 6.33. The predicted octanol–water partition coefficient (Wildman–Crippen LogP) is -0.0533. The quantitative estimate of drug-likeness (QED) is 0.630. The smallest absolute Gasteiger partial charge is 0.327 e. The van der Waals surface area contributed by atoms with Gasteiger partial charge >= 0.3 is 5.97 Å². The van der Waals surface area contributed by atoms with Gasteiger partial charge in [0.2, 0.25) is 0 Å².